The van der Waals surface area contributed by atoms with Crippen molar-refractivity contribution in [1.29, 1.82) is 0 Å². The average molecular weight is 260 g/mol. The molecule has 2 rings (SSSR count). The highest BCUT2D eigenvalue weighted by Crippen LogP contribution is 2.16. The fourth-order valence-corrected chi connectivity index (χ4v) is 1.50. The van der Waals surface area contributed by atoms with Crippen LogP contribution in [-0.4, -0.2) is 26.3 Å². The van der Waals surface area contributed by atoms with Crippen molar-refractivity contribution in [1.82, 2.24) is 14.6 Å². The Hall–Kier alpha value is -2.37. The first-order valence-electron chi connectivity index (χ1n) is 5.85. The van der Waals surface area contributed by atoms with Gasteiger partial charge < -0.3 is 4.74 Å². The number of rotatable bonds is 2. The number of fused-ring (bicyclic) bond motifs is 1. The standard InChI is InChI=1S/C13H16N4O2/c1-5-9-6-14-11-10(7-15-17(11)8-9)16-12(18)19-13(2,3)4/h5-8H,1H2,2-4H3,(H,16,18). The zero-order valence-electron chi connectivity index (χ0n) is 11.2. The van der Waals surface area contributed by atoms with E-state index in [0.717, 1.165) is 5.56 Å². The maximum Gasteiger partial charge on any atom is 0.412 e. The van der Waals surface area contributed by atoms with Gasteiger partial charge in [0.2, 0.25) is 0 Å². The van der Waals surface area contributed by atoms with E-state index in [1.165, 1.54) is 6.20 Å². The van der Waals surface area contributed by atoms with Crippen LogP contribution in [0.25, 0.3) is 11.7 Å². The summed E-state index contributed by atoms with van der Waals surface area (Å²) >= 11 is 0. The molecule has 0 fully saturated rings. The lowest BCUT2D eigenvalue weighted by Gasteiger charge is -2.19. The first-order valence-corrected chi connectivity index (χ1v) is 5.85. The van der Waals surface area contributed by atoms with Gasteiger partial charge in [-0.2, -0.15) is 5.10 Å². The minimum atomic E-state index is -0.545. The average Bonchev–Trinajstić information content (AvgIpc) is 2.69. The molecule has 100 valence electrons. The molecule has 6 heteroatoms. The number of nitrogens with zero attached hydrogens (tertiary/aromatic N) is 3. The second-order valence-electron chi connectivity index (χ2n) is 5.04. The SMILES string of the molecule is C=Cc1cnc2c(NC(=O)OC(C)(C)C)cnn2c1. The zero-order chi connectivity index (χ0) is 14.0. The Kier molecular flexibility index (Phi) is 3.25. The van der Waals surface area contributed by atoms with Crippen molar-refractivity contribution < 1.29 is 9.53 Å². The fraction of sp³-hybridized carbons (Fsp3) is 0.308. The number of hydrogen-bond donors (Lipinski definition) is 1. The molecule has 0 radical (unpaired) electrons. The molecule has 0 aliphatic rings. The Labute approximate surface area is 111 Å². The predicted molar refractivity (Wildman–Crippen MR) is 72.9 cm³/mol. The molecular formula is C13H16N4O2. The van der Waals surface area contributed by atoms with E-state index >= 15 is 0 Å². The third-order valence-electron chi connectivity index (χ3n) is 2.25. The van der Waals surface area contributed by atoms with Crippen molar-refractivity contribution in [3.63, 3.8) is 0 Å². The molecule has 2 aromatic heterocycles. The topological polar surface area (TPSA) is 68.5 Å². The molecule has 0 saturated carbocycles. The maximum absolute atomic E-state index is 11.7. The summed E-state index contributed by atoms with van der Waals surface area (Å²) in [4.78, 5) is 15.9. The van der Waals surface area contributed by atoms with Gasteiger partial charge in [0.25, 0.3) is 0 Å². The highest BCUT2D eigenvalue weighted by molar-refractivity contribution is 5.89. The smallest absolute Gasteiger partial charge is 0.412 e. The van der Waals surface area contributed by atoms with Gasteiger partial charge in [-0.3, -0.25) is 5.32 Å². The number of carbonyl (C=O) groups is 1. The molecule has 19 heavy (non-hydrogen) atoms. The van der Waals surface area contributed by atoms with Gasteiger partial charge in [0.15, 0.2) is 5.65 Å². The minimum Gasteiger partial charge on any atom is -0.444 e. The molecule has 0 saturated heterocycles. The van der Waals surface area contributed by atoms with E-state index in [0.29, 0.717) is 11.3 Å². The number of amides is 1. The lowest BCUT2D eigenvalue weighted by Crippen LogP contribution is -2.27. The van der Waals surface area contributed by atoms with E-state index in [-0.39, 0.29) is 0 Å². The lowest BCUT2D eigenvalue weighted by molar-refractivity contribution is 0.0636. The van der Waals surface area contributed by atoms with Gasteiger partial charge in [0.05, 0.1) is 6.20 Å². The van der Waals surface area contributed by atoms with Gasteiger partial charge in [-0.15, -0.1) is 0 Å². The van der Waals surface area contributed by atoms with Crippen LogP contribution in [0.5, 0.6) is 0 Å². The monoisotopic (exact) mass is 260 g/mol. The summed E-state index contributed by atoms with van der Waals surface area (Å²) in [6, 6.07) is 0. The summed E-state index contributed by atoms with van der Waals surface area (Å²) in [6.07, 6.45) is 6.10. The van der Waals surface area contributed by atoms with Crippen LogP contribution in [0, 0.1) is 0 Å². The van der Waals surface area contributed by atoms with Crippen LogP contribution >= 0.6 is 0 Å². The highest BCUT2D eigenvalue weighted by atomic mass is 16.6. The number of hydrogen-bond acceptors (Lipinski definition) is 4. The van der Waals surface area contributed by atoms with Crippen molar-refractivity contribution in [2.45, 2.75) is 26.4 Å². The summed E-state index contributed by atoms with van der Waals surface area (Å²) in [5.74, 6) is 0. The molecule has 2 aromatic rings. The first kappa shape index (κ1) is 13.1. The lowest BCUT2D eigenvalue weighted by atomic mass is 10.2. The van der Waals surface area contributed by atoms with Gasteiger partial charge in [0.1, 0.15) is 11.3 Å². The van der Waals surface area contributed by atoms with E-state index in [1.54, 1.807) is 43.8 Å². The first-order chi connectivity index (χ1) is 8.89. The predicted octanol–water partition coefficient (Wildman–Crippen LogP) is 2.72. The molecule has 0 bridgehead atoms. The number of nitrogens with one attached hydrogen (secondary N) is 1. The summed E-state index contributed by atoms with van der Waals surface area (Å²) in [7, 11) is 0. The summed E-state index contributed by atoms with van der Waals surface area (Å²) in [6.45, 7) is 9.07. The molecule has 0 aromatic carbocycles. The Morgan fingerprint density at radius 1 is 1.47 bits per heavy atom. The van der Waals surface area contributed by atoms with E-state index in [9.17, 15) is 4.79 Å². The normalized spacial score (nSPS) is 11.3. The molecule has 1 N–H and O–H groups in total. The Morgan fingerprint density at radius 3 is 2.84 bits per heavy atom. The van der Waals surface area contributed by atoms with E-state index in [1.807, 2.05) is 0 Å². The summed E-state index contributed by atoms with van der Waals surface area (Å²) < 4.78 is 6.75. The number of anilines is 1. The molecule has 2 heterocycles. The Morgan fingerprint density at radius 2 is 2.21 bits per heavy atom. The molecule has 0 unspecified atom stereocenters. The number of aromatic nitrogens is 3. The third kappa shape index (κ3) is 3.09. The van der Waals surface area contributed by atoms with E-state index < -0.39 is 11.7 Å². The quantitative estimate of drug-likeness (QED) is 0.901. The zero-order valence-corrected chi connectivity index (χ0v) is 11.2. The summed E-state index contributed by atoms with van der Waals surface area (Å²) in [5.41, 5.74) is 1.36. The van der Waals surface area contributed by atoms with Crippen molar-refractivity contribution in [3.8, 4) is 0 Å². The molecule has 0 spiro atoms. The van der Waals surface area contributed by atoms with E-state index in [4.69, 9.17) is 4.74 Å². The largest absolute Gasteiger partial charge is 0.444 e. The van der Waals surface area contributed by atoms with Crippen molar-refractivity contribution in [2.75, 3.05) is 5.32 Å². The van der Waals surface area contributed by atoms with Crippen molar-refractivity contribution in [3.05, 3.63) is 30.7 Å². The van der Waals surface area contributed by atoms with Crippen LogP contribution in [0.1, 0.15) is 26.3 Å². The van der Waals surface area contributed by atoms with Crippen LogP contribution in [0.15, 0.2) is 25.2 Å². The van der Waals surface area contributed by atoms with Crippen LogP contribution in [0.3, 0.4) is 0 Å². The Balaban J connectivity index is 2.22. The highest BCUT2D eigenvalue weighted by Gasteiger charge is 2.17. The van der Waals surface area contributed by atoms with Gasteiger partial charge in [-0.1, -0.05) is 12.7 Å². The molecular weight excluding hydrogens is 244 g/mol. The van der Waals surface area contributed by atoms with Gasteiger partial charge in [-0.05, 0) is 20.8 Å². The fourth-order valence-electron chi connectivity index (χ4n) is 1.50. The van der Waals surface area contributed by atoms with Crippen LogP contribution < -0.4 is 5.32 Å². The van der Waals surface area contributed by atoms with Crippen LogP contribution in [0.2, 0.25) is 0 Å². The molecule has 1 amide bonds. The van der Waals surface area contributed by atoms with Gasteiger partial charge in [-0.25, -0.2) is 14.3 Å². The second-order valence-corrected chi connectivity index (χ2v) is 5.04. The maximum atomic E-state index is 11.7. The molecule has 6 nitrogen and oxygen atoms in total. The minimum absolute atomic E-state index is 0.505. The van der Waals surface area contributed by atoms with Crippen molar-refractivity contribution >= 4 is 23.5 Å². The molecule has 0 atom stereocenters. The van der Waals surface area contributed by atoms with Gasteiger partial charge >= 0.3 is 6.09 Å². The number of carbonyl (C=O) groups excluding carboxylic acids is 1. The van der Waals surface area contributed by atoms with Gasteiger partial charge in [0, 0.05) is 18.0 Å². The second kappa shape index (κ2) is 4.72. The van der Waals surface area contributed by atoms with Crippen molar-refractivity contribution in [2.24, 2.45) is 0 Å². The van der Waals surface area contributed by atoms with Crippen LogP contribution in [0.4, 0.5) is 10.5 Å². The van der Waals surface area contributed by atoms with E-state index in [2.05, 4.69) is 22.0 Å². The number of ether oxygens (including phenoxy) is 1. The Bertz CT molecular complexity index is 625. The van der Waals surface area contributed by atoms with Crippen LogP contribution in [-0.2, 0) is 4.74 Å². The summed E-state index contributed by atoms with van der Waals surface area (Å²) in [5, 5.41) is 6.74. The molecule has 0 aliphatic heterocycles. The molecule has 0 aliphatic carbocycles. The third-order valence-corrected chi connectivity index (χ3v) is 2.25.